The highest BCUT2D eigenvalue weighted by molar-refractivity contribution is 5.56. The van der Waals surface area contributed by atoms with E-state index in [0.29, 0.717) is 0 Å². The standard InChI is InChI=1S/C16H24N2O/c1-15(14-19)18-12-10-17(11-13-18)9-5-8-16-6-3-2-4-7-16/h2-4,6-7,14-15H,5,8-13H2,1H3. The van der Waals surface area contributed by atoms with Crippen LogP contribution in [0, 0.1) is 0 Å². The van der Waals surface area contributed by atoms with Crippen molar-refractivity contribution in [2.24, 2.45) is 0 Å². The first-order valence-corrected chi connectivity index (χ1v) is 7.25. The third-order valence-electron chi connectivity index (χ3n) is 3.96. The van der Waals surface area contributed by atoms with E-state index in [9.17, 15) is 4.79 Å². The van der Waals surface area contributed by atoms with Crippen LogP contribution in [0.1, 0.15) is 18.9 Å². The van der Waals surface area contributed by atoms with Crippen molar-refractivity contribution in [2.45, 2.75) is 25.8 Å². The number of piperazine rings is 1. The third-order valence-corrected chi connectivity index (χ3v) is 3.96. The Bertz CT molecular complexity index is 372. The second-order valence-electron chi connectivity index (χ2n) is 5.34. The molecule has 0 aromatic heterocycles. The molecule has 3 heteroatoms. The van der Waals surface area contributed by atoms with Gasteiger partial charge in [0.05, 0.1) is 6.04 Å². The lowest BCUT2D eigenvalue weighted by molar-refractivity contribution is -0.112. The second-order valence-corrected chi connectivity index (χ2v) is 5.34. The summed E-state index contributed by atoms with van der Waals surface area (Å²) in [7, 11) is 0. The fourth-order valence-corrected chi connectivity index (χ4v) is 2.63. The molecule has 1 aliphatic rings. The fourth-order valence-electron chi connectivity index (χ4n) is 2.63. The SMILES string of the molecule is CC(C=O)N1CCN(CCCc2ccccc2)CC1. The number of aryl methyl sites for hydroxylation is 1. The minimum atomic E-state index is 0.0754. The van der Waals surface area contributed by atoms with Crippen molar-refractivity contribution < 1.29 is 4.79 Å². The zero-order chi connectivity index (χ0) is 13.5. The normalized spacial score (nSPS) is 19.2. The van der Waals surface area contributed by atoms with Gasteiger partial charge in [-0.1, -0.05) is 30.3 Å². The Morgan fingerprint density at radius 2 is 1.84 bits per heavy atom. The number of aldehydes is 1. The second kappa shape index (κ2) is 7.41. The van der Waals surface area contributed by atoms with Gasteiger partial charge >= 0.3 is 0 Å². The Morgan fingerprint density at radius 3 is 2.47 bits per heavy atom. The molecule has 1 aromatic rings. The van der Waals surface area contributed by atoms with Gasteiger partial charge in [0.25, 0.3) is 0 Å². The van der Waals surface area contributed by atoms with E-state index in [1.807, 2.05) is 6.92 Å². The van der Waals surface area contributed by atoms with Crippen molar-refractivity contribution in [1.82, 2.24) is 9.80 Å². The molecule has 19 heavy (non-hydrogen) atoms. The predicted octanol–water partition coefficient (Wildman–Crippen LogP) is 1.82. The van der Waals surface area contributed by atoms with Crippen LogP contribution in [-0.4, -0.2) is 54.9 Å². The molecule has 1 saturated heterocycles. The lowest BCUT2D eigenvalue weighted by Gasteiger charge is -2.36. The van der Waals surface area contributed by atoms with Crippen LogP contribution >= 0.6 is 0 Å². The molecule has 0 bridgehead atoms. The number of nitrogens with zero attached hydrogens (tertiary/aromatic N) is 2. The van der Waals surface area contributed by atoms with Crippen molar-refractivity contribution >= 4 is 6.29 Å². The molecule has 2 rings (SSSR count). The zero-order valence-electron chi connectivity index (χ0n) is 11.8. The maximum atomic E-state index is 10.8. The van der Waals surface area contributed by atoms with Crippen LogP contribution in [0.25, 0.3) is 0 Å². The van der Waals surface area contributed by atoms with Crippen LogP contribution in [-0.2, 0) is 11.2 Å². The Morgan fingerprint density at radius 1 is 1.16 bits per heavy atom. The molecule has 0 spiro atoms. The Labute approximate surface area is 116 Å². The van der Waals surface area contributed by atoms with E-state index in [2.05, 4.69) is 40.1 Å². The summed E-state index contributed by atoms with van der Waals surface area (Å²) >= 11 is 0. The molecule has 0 N–H and O–H groups in total. The monoisotopic (exact) mass is 260 g/mol. The van der Waals surface area contributed by atoms with E-state index in [4.69, 9.17) is 0 Å². The van der Waals surface area contributed by atoms with Gasteiger partial charge < -0.3 is 9.69 Å². The smallest absolute Gasteiger partial charge is 0.136 e. The first-order chi connectivity index (χ1) is 9.29. The van der Waals surface area contributed by atoms with E-state index in [-0.39, 0.29) is 6.04 Å². The molecule has 3 nitrogen and oxygen atoms in total. The van der Waals surface area contributed by atoms with Gasteiger partial charge in [-0.25, -0.2) is 0 Å². The van der Waals surface area contributed by atoms with Crippen LogP contribution in [0.5, 0.6) is 0 Å². The van der Waals surface area contributed by atoms with Crippen LogP contribution < -0.4 is 0 Å². The van der Waals surface area contributed by atoms with Crippen molar-refractivity contribution in [3.63, 3.8) is 0 Å². The lowest BCUT2D eigenvalue weighted by Crippen LogP contribution is -2.50. The maximum absolute atomic E-state index is 10.8. The summed E-state index contributed by atoms with van der Waals surface area (Å²) in [6, 6.07) is 10.8. The van der Waals surface area contributed by atoms with Crippen LogP contribution in [0.3, 0.4) is 0 Å². The van der Waals surface area contributed by atoms with Gasteiger partial charge in [0.2, 0.25) is 0 Å². The summed E-state index contributed by atoms with van der Waals surface area (Å²) < 4.78 is 0. The first-order valence-electron chi connectivity index (χ1n) is 7.25. The zero-order valence-corrected chi connectivity index (χ0v) is 11.8. The molecule has 104 valence electrons. The van der Waals surface area contributed by atoms with E-state index in [1.165, 1.54) is 12.0 Å². The minimum absolute atomic E-state index is 0.0754. The molecule has 1 atom stereocenters. The molecule has 1 aromatic carbocycles. The van der Waals surface area contributed by atoms with Crippen molar-refractivity contribution in [3.05, 3.63) is 35.9 Å². The average molecular weight is 260 g/mol. The van der Waals surface area contributed by atoms with Crippen LogP contribution in [0.2, 0.25) is 0 Å². The Hall–Kier alpha value is -1.19. The summed E-state index contributed by atoms with van der Waals surface area (Å²) in [4.78, 5) is 15.5. The van der Waals surface area contributed by atoms with Gasteiger partial charge in [-0.15, -0.1) is 0 Å². The molecule has 0 aliphatic carbocycles. The number of carbonyl (C=O) groups is 1. The van der Waals surface area contributed by atoms with Gasteiger partial charge in [-0.3, -0.25) is 4.90 Å². The number of benzene rings is 1. The Kier molecular flexibility index (Phi) is 5.55. The van der Waals surface area contributed by atoms with Crippen LogP contribution in [0.4, 0.5) is 0 Å². The fraction of sp³-hybridized carbons (Fsp3) is 0.562. The molecule has 1 unspecified atom stereocenters. The van der Waals surface area contributed by atoms with Crippen molar-refractivity contribution in [3.8, 4) is 0 Å². The van der Waals surface area contributed by atoms with Crippen LogP contribution in [0.15, 0.2) is 30.3 Å². The minimum Gasteiger partial charge on any atom is -0.302 e. The number of hydrogen-bond donors (Lipinski definition) is 0. The third kappa shape index (κ3) is 4.44. The summed E-state index contributed by atoms with van der Waals surface area (Å²) in [5, 5.41) is 0. The molecule has 0 saturated carbocycles. The largest absolute Gasteiger partial charge is 0.302 e. The molecule has 1 heterocycles. The van der Waals surface area contributed by atoms with E-state index < -0.39 is 0 Å². The maximum Gasteiger partial charge on any atom is 0.136 e. The van der Waals surface area contributed by atoms with Gasteiger partial charge in [0.15, 0.2) is 0 Å². The molecule has 0 amide bonds. The molecule has 0 radical (unpaired) electrons. The van der Waals surface area contributed by atoms with E-state index in [0.717, 1.165) is 45.4 Å². The summed E-state index contributed by atoms with van der Waals surface area (Å²) in [6.45, 7) is 7.37. The van der Waals surface area contributed by atoms with Gasteiger partial charge in [-0.05, 0) is 31.9 Å². The molecular weight excluding hydrogens is 236 g/mol. The van der Waals surface area contributed by atoms with E-state index in [1.54, 1.807) is 0 Å². The highest BCUT2D eigenvalue weighted by Crippen LogP contribution is 2.08. The van der Waals surface area contributed by atoms with Crippen molar-refractivity contribution in [1.29, 1.82) is 0 Å². The average Bonchev–Trinajstić information content (AvgIpc) is 2.48. The molecule has 1 fully saturated rings. The quantitative estimate of drug-likeness (QED) is 0.729. The topological polar surface area (TPSA) is 23.6 Å². The highest BCUT2D eigenvalue weighted by atomic mass is 16.1. The van der Waals surface area contributed by atoms with Gasteiger partial charge in [-0.2, -0.15) is 0 Å². The number of carbonyl (C=O) groups excluding carboxylic acids is 1. The molecule has 1 aliphatic heterocycles. The lowest BCUT2D eigenvalue weighted by atomic mass is 10.1. The highest BCUT2D eigenvalue weighted by Gasteiger charge is 2.19. The van der Waals surface area contributed by atoms with Gasteiger partial charge in [0, 0.05) is 26.2 Å². The first kappa shape index (κ1) is 14.2. The number of rotatable bonds is 6. The Balaban J connectivity index is 1.65. The molecular formula is C16H24N2O. The predicted molar refractivity (Wildman–Crippen MR) is 78.3 cm³/mol. The summed E-state index contributed by atoms with van der Waals surface area (Å²) in [5.41, 5.74) is 1.43. The van der Waals surface area contributed by atoms with E-state index >= 15 is 0 Å². The number of hydrogen-bond acceptors (Lipinski definition) is 3. The summed E-state index contributed by atoms with van der Waals surface area (Å²) in [5.74, 6) is 0. The van der Waals surface area contributed by atoms with Crippen molar-refractivity contribution in [2.75, 3.05) is 32.7 Å². The van der Waals surface area contributed by atoms with Gasteiger partial charge in [0.1, 0.15) is 6.29 Å². The summed E-state index contributed by atoms with van der Waals surface area (Å²) in [6.07, 6.45) is 3.42.